The molecule has 0 saturated heterocycles. The molecule has 10 nitrogen and oxygen atoms in total. The molecule has 1 atom stereocenters. The van der Waals surface area contributed by atoms with Gasteiger partial charge in [-0.1, -0.05) is 45.7 Å². The zero-order valence-corrected chi connectivity index (χ0v) is 24.7. The number of para-hydroxylation sites is 1. The summed E-state index contributed by atoms with van der Waals surface area (Å²) in [5.41, 5.74) is 0.733. The molecule has 0 saturated carbocycles. The van der Waals surface area contributed by atoms with Gasteiger partial charge in [0.2, 0.25) is 0 Å². The van der Waals surface area contributed by atoms with Gasteiger partial charge >= 0.3 is 5.97 Å². The van der Waals surface area contributed by atoms with E-state index in [-0.39, 0.29) is 21.2 Å². The van der Waals surface area contributed by atoms with E-state index in [0.29, 0.717) is 17.1 Å². The summed E-state index contributed by atoms with van der Waals surface area (Å²) in [4.78, 5) is 38.6. The number of carbonyl (C=O) groups is 2. The monoisotopic (exact) mass is 646 g/mol. The smallest absolute Gasteiger partial charge is 0.340 e. The highest BCUT2D eigenvalue weighted by molar-refractivity contribution is 9.10. The number of ether oxygens (including phenoxy) is 1. The predicted octanol–water partition coefficient (Wildman–Crippen LogP) is 4.89. The fourth-order valence-corrected chi connectivity index (χ4v) is 5.32. The Morgan fingerprint density at radius 2 is 1.68 bits per heavy atom. The molecule has 1 unspecified atom stereocenters. The highest BCUT2D eigenvalue weighted by Crippen LogP contribution is 2.24. The van der Waals surface area contributed by atoms with Gasteiger partial charge in [-0.3, -0.25) is 19.0 Å². The summed E-state index contributed by atoms with van der Waals surface area (Å²) in [6.45, 7) is 2.99. The molecule has 4 aromatic rings. The van der Waals surface area contributed by atoms with Gasteiger partial charge in [-0.15, -0.1) is 0 Å². The normalized spacial score (nSPS) is 12.0. The second-order valence-electron chi connectivity index (χ2n) is 8.73. The van der Waals surface area contributed by atoms with Crippen molar-refractivity contribution in [2.24, 2.45) is 7.05 Å². The molecule has 1 amide bonds. The molecule has 0 radical (unpaired) electrons. The van der Waals surface area contributed by atoms with Gasteiger partial charge < -0.3 is 10.1 Å². The third kappa shape index (κ3) is 6.14. The van der Waals surface area contributed by atoms with Crippen LogP contribution in [-0.4, -0.2) is 35.8 Å². The lowest BCUT2D eigenvalue weighted by Crippen LogP contribution is -2.32. The van der Waals surface area contributed by atoms with Crippen molar-refractivity contribution in [2.75, 3.05) is 10.0 Å². The van der Waals surface area contributed by atoms with Crippen LogP contribution >= 0.6 is 27.5 Å². The lowest BCUT2D eigenvalue weighted by molar-refractivity contribution is -0.123. The average Bonchev–Trinajstić information content (AvgIpc) is 3.13. The Balaban J connectivity index is 1.51. The molecule has 0 fully saturated rings. The SMILES string of the molecule is Cc1c(NC(=O)C(C)OC(=O)c2cc(S(=O)(=O)Nc3ccc(Br)cc3)ccc2Cl)c(=O)n(-c2ccccc2)n1C. The van der Waals surface area contributed by atoms with Gasteiger partial charge in [0.1, 0.15) is 5.69 Å². The topological polar surface area (TPSA) is 128 Å². The van der Waals surface area contributed by atoms with Crippen molar-refractivity contribution in [2.45, 2.75) is 24.8 Å². The Morgan fingerprint density at radius 1 is 1.02 bits per heavy atom. The van der Waals surface area contributed by atoms with E-state index in [1.807, 2.05) is 6.07 Å². The Labute approximate surface area is 243 Å². The number of nitrogens with zero attached hydrogens (tertiary/aromatic N) is 2. The Morgan fingerprint density at radius 3 is 2.33 bits per heavy atom. The molecular weight excluding hydrogens is 624 g/mol. The van der Waals surface area contributed by atoms with Gasteiger partial charge in [-0.25, -0.2) is 17.9 Å². The Kier molecular flexibility index (Phi) is 8.52. The Hall–Kier alpha value is -3.87. The first kappa shape index (κ1) is 29.1. The van der Waals surface area contributed by atoms with Crippen LogP contribution in [0.25, 0.3) is 5.69 Å². The van der Waals surface area contributed by atoms with E-state index in [0.717, 1.165) is 10.5 Å². The minimum absolute atomic E-state index is 0.0318. The van der Waals surface area contributed by atoms with Crippen LogP contribution in [0.5, 0.6) is 0 Å². The van der Waals surface area contributed by atoms with Crippen molar-refractivity contribution < 1.29 is 22.7 Å². The predicted molar refractivity (Wildman–Crippen MR) is 156 cm³/mol. The van der Waals surface area contributed by atoms with Gasteiger partial charge in [-0.2, -0.15) is 0 Å². The summed E-state index contributed by atoms with van der Waals surface area (Å²) in [5, 5.41) is 2.47. The first-order valence-corrected chi connectivity index (χ1v) is 14.5. The van der Waals surface area contributed by atoms with Crippen LogP contribution in [0.15, 0.2) is 87.0 Å². The number of nitrogens with one attached hydrogen (secondary N) is 2. The Bertz CT molecular complexity index is 1750. The lowest BCUT2D eigenvalue weighted by atomic mass is 10.2. The maximum absolute atomic E-state index is 13.1. The van der Waals surface area contributed by atoms with Crippen molar-refractivity contribution in [3.63, 3.8) is 0 Å². The number of amides is 1. The maximum atomic E-state index is 13.1. The van der Waals surface area contributed by atoms with E-state index in [1.54, 1.807) is 67.2 Å². The summed E-state index contributed by atoms with van der Waals surface area (Å²) < 4.78 is 37.2. The summed E-state index contributed by atoms with van der Waals surface area (Å²) >= 11 is 9.45. The number of hydrogen-bond donors (Lipinski definition) is 2. The first-order valence-electron chi connectivity index (χ1n) is 11.8. The summed E-state index contributed by atoms with van der Waals surface area (Å²) in [6, 6.07) is 18.9. The van der Waals surface area contributed by atoms with Crippen LogP contribution in [0.4, 0.5) is 11.4 Å². The van der Waals surface area contributed by atoms with E-state index in [4.69, 9.17) is 16.3 Å². The number of rotatable bonds is 8. The van der Waals surface area contributed by atoms with E-state index >= 15 is 0 Å². The molecule has 208 valence electrons. The van der Waals surface area contributed by atoms with Crippen molar-refractivity contribution in [3.05, 3.63) is 104 Å². The zero-order chi connectivity index (χ0) is 29.2. The second kappa shape index (κ2) is 11.7. The largest absolute Gasteiger partial charge is 0.449 e. The number of carbonyl (C=O) groups excluding carboxylic acids is 2. The molecule has 0 bridgehead atoms. The van der Waals surface area contributed by atoms with Crippen LogP contribution in [0.1, 0.15) is 23.0 Å². The molecule has 1 aromatic heterocycles. The summed E-state index contributed by atoms with van der Waals surface area (Å²) in [5.74, 6) is -1.77. The van der Waals surface area contributed by atoms with Crippen molar-refractivity contribution in [3.8, 4) is 5.69 Å². The number of benzene rings is 3. The van der Waals surface area contributed by atoms with Gasteiger partial charge in [0.05, 0.1) is 26.9 Å². The number of esters is 1. The summed E-state index contributed by atoms with van der Waals surface area (Å²) in [7, 11) is -2.39. The average molecular weight is 648 g/mol. The van der Waals surface area contributed by atoms with E-state index in [2.05, 4.69) is 26.0 Å². The van der Waals surface area contributed by atoms with Crippen LogP contribution in [0.2, 0.25) is 5.02 Å². The number of hydrogen-bond acceptors (Lipinski definition) is 6. The van der Waals surface area contributed by atoms with E-state index < -0.39 is 33.6 Å². The number of anilines is 2. The second-order valence-corrected chi connectivity index (χ2v) is 11.7. The van der Waals surface area contributed by atoms with Crippen LogP contribution in [0.3, 0.4) is 0 Å². The zero-order valence-electron chi connectivity index (χ0n) is 21.5. The molecule has 4 rings (SSSR count). The number of halogens is 2. The number of aromatic nitrogens is 2. The van der Waals surface area contributed by atoms with Crippen molar-refractivity contribution >= 4 is 60.8 Å². The van der Waals surface area contributed by atoms with E-state index in [1.165, 1.54) is 23.7 Å². The third-order valence-corrected chi connectivity index (χ3v) is 8.26. The van der Waals surface area contributed by atoms with Crippen LogP contribution in [-0.2, 0) is 26.6 Å². The molecule has 0 spiro atoms. The fraction of sp³-hybridized carbons (Fsp3) is 0.148. The number of sulfonamides is 1. The lowest BCUT2D eigenvalue weighted by Gasteiger charge is -2.14. The minimum atomic E-state index is -4.07. The molecule has 0 aliphatic carbocycles. The molecule has 1 heterocycles. The van der Waals surface area contributed by atoms with Crippen molar-refractivity contribution in [1.82, 2.24) is 9.36 Å². The summed E-state index contributed by atoms with van der Waals surface area (Å²) in [6.07, 6.45) is -1.34. The molecule has 0 aliphatic heterocycles. The maximum Gasteiger partial charge on any atom is 0.340 e. The van der Waals surface area contributed by atoms with Crippen LogP contribution < -0.4 is 15.6 Å². The molecule has 3 aromatic carbocycles. The molecule has 0 aliphatic rings. The third-order valence-electron chi connectivity index (χ3n) is 6.02. The molecule has 40 heavy (non-hydrogen) atoms. The minimum Gasteiger partial charge on any atom is -0.449 e. The van der Waals surface area contributed by atoms with Gasteiger partial charge in [0, 0.05) is 17.2 Å². The molecular formula is C27H24BrClN4O6S. The van der Waals surface area contributed by atoms with E-state index in [9.17, 15) is 22.8 Å². The van der Waals surface area contributed by atoms with Crippen LogP contribution in [0, 0.1) is 6.92 Å². The standard InChI is InChI=1S/C27H24BrClN4O6S/c1-16-24(26(35)33(32(16)3)20-7-5-4-6-8-20)30-25(34)17(2)39-27(36)22-15-21(13-14-23(22)29)40(37,38)31-19-11-9-18(28)10-12-19/h4-15,17,31H,1-3H3,(H,30,34). The first-order chi connectivity index (χ1) is 18.9. The highest BCUT2D eigenvalue weighted by Gasteiger charge is 2.26. The van der Waals surface area contributed by atoms with Gasteiger partial charge in [0.25, 0.3) is 21.5 Å². The molecule has 13 heteroatoms. The fourth-order valence-electron chi connectivity index (χ4n) is 3.77. The van der Waals surface area contributed by atoms with Gasteiger partial charge in [-0.05, 0) is 68.4 Å². The highest BCUT2D eigenvalue weighted by atomic mass is 79.9. The van der Waals surface area contributed by atoms with Crippen molar-refractivity contribution in [1.29, 1.82) is 0 Å². The quantitative estimate of drug-likeness (QED) is 0.262. The molecule has 2 N–H and O–H groups in total. The van der Waals surface area contributed by atoms with Gasteiger partial charge in [0.15, 0.2) is 6.10 Å².